The maximum Gasteiger partial charge on any atom is 0.253 e. The first-order valence-corrected chi connectivity index (χ1v) is 10.2. The van der Waals surface area contributed by atoms with Gasteiger partial charge in [0.25, 0.3) is 5.91 Å². The summed E-state index contributed by atoms with van der Waals surface area (Å²) in [7, 11) is 3.38. The number of thiazole rings is 1. The summed E-state index contributed by atoms with van der Waals surface area (Å²) >= 11 is 2.78. The molecule has 0 spiro atoms. The third-order valence-electron chi connectivity index (χ3n) is 3.77. The second kappa shape index (κ2) is 8.99. The topological polar surface area (TPSA) is 62.3 Å². The molecule has 0 atom stereocenters. The van der Waals surface area contributed by atoms with E-state index in [4.69, 9.17) is 0 Å². The number of aromatic nitrogens is 1. The molecule has 28 heavy (non-hydrogen) atoms. The van der Waals surface area contributed by atoms with E-state index in [1.165, 1.54) is 40.1 Å². The summed E-state index contributed by atoms with van der Waals surface area (Å²) in [6, 6.07) is 12.9. The van der Waals surface area contributed by atoms with Crippen molar-refractivity contribution in [2.45, 2.75) is 4.34 Å². The Bertz CT molecular complexity index is 970. The zero-order valence-electron chi connectivity index (χ0n) is 15.3. The van der Waals surface area contributed by atoms with Gasteiger partial charge in [0.15, 0.2) is 4.34 Å². The lowest BCUT2D eigenvalue weighted by molar-refractivity contribution is -0.113. The molecule has 1 N–H and O–H groups in total. The number of amides is 2. The molecule has 0 radical (unpaired) electrons. The standard InChI is InChI=1S/C20H18FN3O2S2/c1-24(2)19(26)14-5-9-16(10-6-14)22-18(25)12-28-20-23-17(11-27-20)13-3-7-15(21)8-4-13/h3-11H,12H2,1-2H3,(H,22,25). The highest BCUT2D eigenvalue weighted by Crippen LogP contribution is 2.28. The molecule has 5 nitrogen and oxygen atoms in total. The van der Waals surface area contributed by atoms with Gasteiger partial charge in [0.2, 0.25) is 5.91 Å². The highest BCUT2D eigenvalue weighted by atomic mass is 32.2. The average Bonchev–Trinajstić information content (AvgIpc) is 3.16. The fourth-order valence-corrected chi connectivity index (χ4v) is 3.99. The van der Waals surface area contributed by atoms with E-state index >= 15 is 0 Å². The second-order valence-electron chi connectivity index (χ2n) is 6.12. The van der Waals surface area contributed by atoms with Crippen LogP contribution in [0, 0.1) is 5.82 Å². The highest BCUT2D eigenvalue weighted by Gasteiger charge is 2.10. The smallest absolute Gasteiger partial charge is 0.253 e. The van der Waals surface area contributed by atoms with Gasteiger partial charge in [-0.3, -0.25) is 9.59 Å². The van der Waals surface area contributed by atoms with Crippen LogP contribution in [0.2, 0.25) is 0 Å². The van der Waals surface area contributed by atoms with E-state index < -0.39 is 0 Å². The molecule has 0 saturated heterocycles. The maximum absolute atomic E-state index is 13.0. The number of anilines is 1. The zero-order chi connectivity index (χ0) is 20.1. The van der Waals surface area contributed by atoms with E-state index in [1.54, 1.807) is 50.5 Å². The Labute approximate surface area is 170 Å². The molecule has 1 heterocycles. The van der Waals surface area contributed by atoms with Crippen molar-refractivity contribution < 1.29 is 14.0 Å². The number of carbonyl (C=O) groups excluding carboxylic acids is 2. The van der Waals surface area contributed by atoms with Crippen LogP contribution in [-0.2, 0) is 4.79 Å². The Balaban J connectivity index is 1.53. The van der Waals surface area contributed by atoms with Gasteiger partial charge in [0.1, 0.15) is 5.82 Å². The summed E-state index contributed by atoms with van der Waals surface area (Å²) in [5.41, 5.74) is 2.79. The molecule has 0 aliphatic carbocycles. The van der Waals surface area contributed by atoms with Crippen LogP contribution in [0.4, 0.5) is 10.1 Å². The van der Waals surface area contributed by atoms with Gasteiger partial charge in [-0.25, -0.2) is 9.37 Å². The summed E-state index contributed by atoms with van der Waals surface area (Å²) in [6.45, 7) is 0. The summed E-state index contributed by atoms with van der Waals surface area (Å²) in [5, 5.41) is 4.69. The van der Waals surface area contributed by atoms with Crippen LogP contribution in [0.3, 0.4) is 0 Å². The summed E-state index contributed by atoms with van der Waals surface area (Å²) in [6.07, 6.45) is 0. The van der Waals surface area contributed by atoms with Crippen molar-refractivity contribution in [3.63, 3.8) is 0 Å². The summed E-state index contributed by atoms with van der Waals surface area (Å²) < 4.78 is 13.8. The minimum Gasteiger partial charge on any atom is -0.345 e. The first-order chi connectivity index (χ1) is 13.4. The molecule has 0 unspecified atom stereocenters. The number of hydrogen-bond donors (Lipinski definition) is 1. The summed E-state index contributed by atoms with van der Waals surface area (Å²) in [5.74, 6) is -0.317. The van der Waals surface area contributed by atoms with Crippen molar-refractivity contribution >= 4 is 40.6 Å². The van der Waals surface area contributed by atoms with Crippen LogP contribution in [0.5, 0.6) is 0 Å². The fraction of sp³-hybridized carbons (Fsp3) is 0.150. The minimum atomic E-state index is -0.288. The van der Waals surface area contributed by atoms with Crippen molar-refractivity contribution in [2.24, 2.45) is 0 Å². The molecule has 8 heteroatoms. The van der Waals surface area contributed by atoms with Crippen LogP contribution in [0.1, 0.15) is 10.4 Å². The van der Waals surface area contributed by atoms with E-state index in [1.807, 2.05) is 5.38 Å². The van der Waals surface area contributed by atoms with Crippen LogP contribution in [0.15, 0.2) is 58.3 Å². The van der Waals surface area contributed by atoms with Gasteiger partial charge in [0.05, 0.1) is 11.4 Å². The van der Waals surface area contributed by atoms with Gasteiger partial charge in [-0.15, -0.1) is 11.3 Å². The van der Waals surface area contributed by atoms with Gasteiger partial charge in [-0.1, -0.05) is 11.8 Å². The van der Waals surface area contributed by atoms with Gasteiger partial charge in [0, 0.05) is 36.3 Å². The number of nitrogens with zero attached hydrogens (tertiary/aromatic N) is 2. The number of halogens is 1. The van der Waals surface area contributed by atoms with Gasteiger partial charge < -0.3 is 10.2 Å². The van der Waals surface area contributed by atoms with Gasteiger partial charge in [-0.05, 0) is 48.5 Å². The monoisotopic (exact) mass is 415 g/mol. The highest BCUT2D eigenvalue weighted by molar-refractivity contribution is 8.01. The molecule has 144 valence electrons. The van der Waals surface area contributed by atoms with Crippen molar-refractivity contribution in [3.05, 3.63) is 65.3 Å². The van der Waals surface area contributed by atoms with Crippen LogP contribution >= 0.6 is 23.1 Å². The lowest BCUT2D eigenvalue weighted by Gasteiger charge is -2.10. The minimum absolute atomic E-state index is 0.0887. The summed E-state index contributed by atoms with van der Waals surface area (Å²) in [4.78, 5) is 30.0. The molecule has 0 fully saturated rings. The predicted molar refractivity (Wildman–Crippen MR) is 111 cm³/mol. The van der Waals surface area contributed by atoms with E-state index in [0.717, 1.165) is 15.6 Å². The number of thioether (sulfide) groups is 1. The van der Waals surface area contributed by atoms with Crippen molar-refractivity contribution in [1.29, 1.82) is 0 Å². The second-order valence-corrected chi connectivity index (χ2v) is 8.20. The predicted octanol–water partition coefficient (Wildman–Crippen LogP) is 4.38. The van der Waals surface area contributed by atoms with Crippen molar-refractivity contribution in [3.8, 4) is 11.3 Å². The van der Waals surface area contributed by atoms with Crippen LogP contribution < -0.4 is 5.32 Å². The average molecular weight is 416 g/mol. The Morgan fingerprint density at radius 2 is 1.79 bits per heavy atom. The van der Waals surface area contributed by atoms with E-state index in [-0.39, 0.29) is 23.4 Å². The molecule has 1 aromatic heterocycles. The van der Waals surface area contributed by atoms with Crippen molar-refractivity contribution in [1.82, 2.24) is 9.88 Å². The number of benzene rings is 2. The lowest BCUT2D eigenvalue weighted by atomic mass is 10.2. The Kier molecular flexibility index (Phi) is 6.43. The zero-order valence-corrected chi connectivity index (χ0v) is 16.9. The first kappa shape index (κ1) is 20.0. The normalized spacial score (nSPS) is 10.5. The molecule has 2 aromatic carbocycles. The van der Waals surface area contributed by atoms with Gasteiger partial charge >= 0.3 is 0 Å². The third kappa shape index (κ3) is 5.17. The molecule has 0 bridgehead atoms. The number of carbonyl (C=O) groups is 2. The van der Waals surface area contributed by atoms with Crippen molar-refractivity contribution in [2.75, 3.05) is 25.2 Å². The van der Waals surface area contributed by atoms with Crippen LogP contribution in [0.25, 0.3) is 11.3 Å². The van der Waals surface area contributed by atoms with Gasteiger partial charge in [-0.2, -0.15) is 0 Å². The molecule has 0 saturated carbocycles. The Morgan fingerprint density at radius 1 is 1.11 bits per heavy atom. The van der Waals surface area contributed by atoms with E-state index in [9.17, 15) is 14.0 Å². The molecule has 0 aliphatic heterocycles. The lowest BCUT2D eigenvalue weighted by Crippen LogP contribution is -2.21. The molecule has 2 amide bonds. The Hall–Kier alpha value is -2.71. The quantitative estimate of drug-likeness (QED) is 0.607. The molecule has 0 aliphatic rings. The number of hydrogen-bond acceptors (Lipinski definition) is 5. The molecular weight excluding hydrogens is 397 g/mol. The fourth-order valence-electron chi connectivity index (χ4n) is 2.36. The maximum atomic E-state index is 13.0. The SMILES string of the molecule is CN(C)C(=O)c1ccc(NC(=O)CSc2nc(-c3ccc(F)cc3)cs2)cc1. The molecule has 3 aromatic rings. The molecule has 3 rings (SSSR count). The third-order valence-corrected chi connectivity index (χ3v) is 5.79. The number of rotatable bonds is 6. The van der Waals surface area contributed by atoms with Crippen LogP contribution in [-0.4, -0.2) is 41.5 Å². The Morgan fingerprint density at radius 3 is 2.43 bits per heavy atom. The molecular formula is C20H18FN3O2S2. The number of nitrogens with one attached hydrogen (secondary N) is 1. The first-order valence-electron chi connectivity index (χ1n) is 8.38. The van der Waals surface area contributed by atoms with E-state index in [0.29, 0.717) is 11.3 Å². The van der Waals surface area contributed by atoms with E-state index in [2.05, 4.69) is 10.3 Å². The largest absolute Gasteiger partial charge is 0.345 e.